The molecule has 1 saturated heterocycles. The maximum absolute atomic E-state index is 13.9. The van der Waals surface area contributed by atoms with Gasteiger partial charge in [0.2, 0.25) is 0 Å². The molecule has 0 N–H and O–H groups in total. The van der Waals surface area contributed by atoms with Crippen LogP contribution < -0.4 is 9.80 Å². The van der Waals surface area contributed by atoms with E-state index in [-0.39, 0.29) is 17.9 Å². The van der Waals surface area contributed by atoms with E-state index in [9.17, 15) is 17.6 Å². The summed E-state index contributed by atoms with van der Waals surface area (Å²) in [5.74, 6) is 0.106. The molecule has 2 fully saturated rings. The van der Waals surface area contributed by atoms with Crippen LogP contribution in [-0.4, -0.2) is 45.1 Å². The fourth-order valence-corrected chi connectivity index (χ4v) is 3.56. The lowest BCUT2D eigenvalue weighted by molar-refractivity contribution is -0.141. The first kappa shape index (κ1) is 17.9. The van der Waals surface area contributed by atoms with Gasteiger partial charge in [0.1, 0.15) is 24.2 Å². The molecule has 1 saturated carbocycles. The maximum Gasteiger partial charge on any atom is 0.433 e. The fraction of sp³-hybridized carbons (Fsp3) is 0.529. The first-order valence-electron chi connectivity index (χ1n) is 8.81. The molecule has 144 valence electrons. The molecule has 0 spiro atoms. The lowest BCUT2D eigenvalue weighted by atomic mass is 10.0. The van der Waals surface area contributed by atoms with Crippen LogP contribution in [0.3, 0.4) is 0 Å². The minimum absolute atomic E-state index is 0.0506. The molecule has 2 aromatic rings. The zero-order chi connectivity index (χ0) is 19.0. The molecule has 0 atom stereocenters. The summed E-state index contributed by atoms with van der Waals surface area (Å²) in [5, 5.41) is 0. The molecule has 0 bridgehead atoms. The van der Waals surface area contributed by atoms with Crippen LogP contribution in [0.5, 0.6) is 0 Å². The minimum atomic E-state index is -4.50. The molecule has 1 aliphatic carbocycles. The average molecular weight is 382 g/mol. The van der Waals surface area contributed by atoms with Crippen LogP contribution in [0.1, 0.15) is 31.4 Å². The predicted octanol–water partition coefficient (Wildman–Crippen LogP) is 3.06. The Hall–Kier alpha value is -2.52. The quantitative estimate of drug-likeness (QED) is 0.758. The molecule has 3 heterocycles. The molecular formula is C17H18F4N6. The Bertz CT molecular complexity index is 802. The fourth-order valence-electron chi connectivity index (χ4n) is 3.56. The van der Waals surface area contributed by atoms with Crippen molar-refractivity contribution in [2.24, 2.45) is 0 Å². The standard InChI is InChI=1S/C17H18F4N6/c18-13-8-22-9-25-16(13)26-5-3-12(4-6-26)27(11-1-2-11)15-7-14(17(19,20)21)23-10-24-15/h7-12H,1-6H2. The van der Waals surface area contributed by atoms with Gasteiger partial charge in [-0.2, -0.15) is 13.2 Å². The van der Waals surface area contributed by atoms with Crippen LogP contribution in [0.25, 0.3) is 0 Å². The Morgan fingerprint density at radius 1 is 0.963 bits per heavy atom. The zero-order valence-electron chi connectivity index (χ0n) is 14.4. The molecule has 4 rings (SSSR count). The molecule has 2 aromatic heterocycles. The summed E-state index contributed by atoms with van der Waals surface area (Å²) in [6.45, 7) is 1.14. The summed E-state index contributed by atoms with van der Waals surface area (Å²) >= 11 is 0. The van der Waals surface area contributed by atoms with Crippen molar-refractivity contribution in [2.45, 2.75) is 43.9 Å². The van der Waals surface area contributed by atoms with Gasteiger partial charge in [-0.25, -0.2) is 24.3 Å². The van der Waals surface area contributed by atoms with Crippen molar-refractivity contribution in [1.29, 1.82) is 0 Å². The van der Waals surface area contributed by atoms with Crippen LogP contribution >= 0.6 is 0 Å². The first-order valence-corrected chi connectivity index (χ1v) is 8.81. The lowest BCUT2D eigenvalue weighted by Gasteiger charge is -2.39. The van der Waals surface area contributed by atoms with Crippen molar-refractivity contribution in [3.05, 3.63) is 36.4 Å². The molecule has 1 aliphatic heterocycles. The third kappa shape index (κ3) is 3.79. The Morgan fingerprint density at radius 2 is 1.67 bits per heavy atom. The summed E-state index contributed by atoms with van der Waals surface area (Å²) in [5.41, 5.74) is -0.932. The van der Waals surface area contributed by atoms with Gasteiger partial charge in [-0.15, -0.1) is 0 Å². The van der Waals surface area contributed by atoms with Crippen molar-refractivity contribution < 1.29 is 17.6 Å². The van der Waals surface area contributed by atoms with Gasteiger partial charge < -0.3 is 9.80 Å². The highest BCUT2D eigenvalue weighted by Crippen LogP contribution is 2.37. The van der Waals surface area contributed by atoms with Crippen molar-refractivity contribution in [3.63, 3.8) is 0 Å². The smallest absolute Gasteiger partial charge is 0.354 e. The highest BCUT2D eigenvalue weighted by Gasteiger charge is 2.39. The normalized spacial score (nSPS) is 18.6. The highest BCUT2D eigenvalue weighted by molar-refractivity contribution is 5.45. The molecule has 0 unspecified atom stereocenters. The van der Waals surface area contributed by atoms with Crippen LogP contribution in [0.2, 0.25) is 0 Å². The SMILES string of the molecule is Fc1cncnc1N1CCC(N(c2cc(C(F)(F)F)ncn2)C2CC2)CC1. The second-order valence-corrected chi connectivity index (χ2v) is 6.81. The third-order valence-electron chi connectivity index (χ3n) is 4.95. The molecular weight excluding hydrogens is 364 g/mol. The Kier molecular flexibility index (Phi) is 4.56. The van der Waals surface area contributed by atoms with E-state index in [4.69, 9.17) is 0 Å². The Labute approximate surface area is 153 Å². The number of halogens is 4. The summed E-state index contributed by atoms with van der Waals surface area (Å²) in [6.07, 6.45) is 2.15. The number of anilines is 2. The average Bonchev–Trinajstić information content (AvgIpc) is 3.48. The number of aromatic nitrogens is 4. The first-order chi connectivity index (χ1) is 12.9. The van der Waals surface area contributed by atoms with E-state index in [2.05, 4.69) is 19.9 Å². The number of hydrogen-bond acceptors (Lipinski definition) is 6. The van der Waals surface area contributed by atoms with Gasteiger partial charge in [0.25, 0.3) is 0 Å². The topological polar surface area (TPSA) is 58.0 Å². The number of rotatable bonds is 4. The molecule has 6 nitrogen and oxygen atoms in total. The number of nitrogens with zero attached hydrogens (tertiary/aromatic N) is 6. The Balaban J connectivity index is 1.51. The van der Waals surface area contributed by atoms with Gasteiger partial charge in [-0.1, -0.05) is 0 Å². The molecule has 0 radical (unpaired) electrons. The number of hydrogen-bond donors (Lipinski definition) is 0. The minimum Gasteiger partial charge on any atom is -0.354 e. The number of alkyl halides is 3. The van der Waals surface area contributed by atoms with Gasteiger partial charge in [0.05, 0.1) is 6.20 Å². The van der Waals surface area contributed by atoms with Gasteiger partial charge in [0, 0.05) is 31.2 Å². The van der Waals surface area contributed by atoms with E-state index in [1.807, 2.05) is 9.80 Å². The van der Waals surface area contributed by atoms with E-state index in [0.717, 1.165) is 31.4 Å². The van der Waals surface area contributed by atoms with E-state index < -0.39 is 17.7 Å². The van der Waals surface area contributed by atoms with Crippen molar-refractivity contribution in [1.82, 2.24) is 19.9 Å². The van der Waals surface area contributed by atoms with E-state index in [1.165, 1.54) is 6.33 Å². The second-order valence-electron chi connectivity index (χ2n) is 6.81. The predicted molar refractivity (Wildman–Crippen MR) is 89.8 cm³/mol. The van der Waals surface area contributed by atoms with Gasteiger partial charge in [-0.3, -0.25) is 0 Å². The highest BCUT2D eigenvalue weighted by atomic mass is 19.4. The summed E-state index contributed by atoms with van der Waals surface area (Å²) in [6, 6.07) is 1.28. The van der Waals surface area contributed by atoms with Crippen LogP contribution in [-0.2, 0) is 6.18 Å². The molecule has 27 heavy (non-hydrogen) atoms. The second kappa shape index (κ2) is 6.90. The van der Waals surface area contributed by atoms with E-state index in [0.29, 0.717) is 31.7 Å². The van der Waals surface area contributed by atoms with Crippen LogP contribution in [0.15, 0.2) is 24.9 Å². The van der Waals surface area contributed by atoms with E-state index >= 15 is 0 Å². The Morgan fingerprint density at radius 3 is 2.30 bits per heavy atom. The monoisotopic (exact) mass is 382 g/mol. The largest absolute Gasteiger partial charge is 0.433 e. The molecule has 2 aliphatic rings. The summed E-state index contributed by atoms with van der Waals surface area (Å²) in [4.78, 5) is 18.9. The van der Waals surface area contributed by atoms with Crippen molar-refractivity contribution in [3.8, 4) is 0 Å². The molecule has 0 aromatic carbocycles. The maximum atomic E-state index is 13.9. The van der Waals surface area contributed by atoms with E-state index in [1.54, 1.807) is 0 Å². The summed E-state index contributed by atoms with van der Waals surface area (Å²) in [7, 11) is 0. The van der Waals surface area contributed by atoms with Gasteiger partial charge in [0.15, 0.2) is 11.6 Å². The van der Waals surface area contributed by atoms with Gasteiger partial charge in [-0.05, 0) is 25.7 Å². The zero-order valence-corrected chi connectivity index (χ0v) is 14.4. The van der Waals surface area contributed by atoms with Crippen molar-refractivity contribution >= 4 is 11.6 Å². The lowest BCUT2D eigenvalue weighted by Crippen LogP contribution is -2.47. The molecule has 0 amide bonds. The summed E-state index contributed by atoms with van der Waals surface area (Å²) < 4.78 is 52.9. The number of piperidine rings is 1. The van der Waals surface area contributed by atoms with Crippen LogP contribution in [0.4, 0.5) is 29.2 Å². The molecule has 10 heteroatoms. The third-order valence-corrected chi connectivity index (χ3v) is 4.95. The van der Waals surface area contributed by atoms with Crippen LogP contribution in [0, 0.1) is 5.82 Å². The van der Waals surface area contributed by atoms with Gasteiger partial charge >= 0.3 is 6.18 Å². The van der Waals surface area contributed by atoms with Crippen molar-refractivity contribution in [2.75, 3.05) is 22.9 Å².